The second kappa shape index (κ2) is 6.53. The summed E-state index contributed by atoms with van der Waals surface area (Å²) in [4.78, 5) is 16.7. The van der Waals surface area contributed by atoms with Gasteiger partial charge < -0.3 is 14.9 Å². The number of amides is 1. The number of piperazine rings is 1. The van der Waals surface area contributed by atoms with Crippen LogP contribution in [-0.4, -0.2) is 60.6 Å². The molecule has 1 saturated carbocycles. The maximum Gasteiger partial charge on any atom is 0.225 e. The zero-order valence-corrected chi connectivity index (χ0v) is 11.5. The minimum absolute atomic E-state index is 0.253. The van der Waals surface area contributed by atoms with E-state index in [2.05, 4.69) is 16.8 Å². The first-order chi connectivity index (χ1) is 8.70. The van der Waals surface area contributed by atoms with E-state index in [1.165, 1.54) is 0 Å². The molecule has 0 spiro atoms. The van der Waals surface area contributed by atoms with Crippen LogP contribution in [0.15, 0.2) is 0 Å². The van der Waals surface area contributed by atoms with E-state index in [9.17, 15) is 4.79 Å². The molecule has 104 valence electrons. The molecule has 0 radical (unpaired) electrons. The molecule has 0 aromatic rings. The summed E-state index contributed by atoms with van der Waals surface area (Å²) in [5.41, 5.74) is 0. The average Bonchev–Trinajstić information content (AvgIpc) is 2.40. The van der Waals surface area contributed by atoms with Crippen molar-refractivity contribution >= 4 is 5.91 Å². The van der Waals surface area contributed by atoms with Gasteiger partial charge >= 0.3 is 0 Å². The molecule has 18 heavy (non-hydrogen) atoms. The van der Waals surface area contributed by atoms with E-state index in [4.69, 9.17) is 5.11 Å². The minimum atomic E-state index is 0.253. The molecule has 1 heterocycles. The van der Waals surface area contributed by atoms with Crippen LogP contribution in [0.4, 0.5) is 0 Å². The lowest BCUT2D eigenvalue weighted by atomic mass is 9.80. The lowest BCUT2D eigenvalue weighted by molar-refractivity contribution is -0.138. The summed E-state index contributed by atoms with van der Waals surface area (Å²) in [6, 6.07) is 0. The van der Waals surface area contributed by atoms with E-state index in [0.717, 1.165) is 58.3 Å². The monoisotopic (exact) mass is 254 g/mol. The van der Waals surface area contributed by atoms with Crippen LogP contribution < -0.4 is 0 Å². The van der Waals surface area contributed by atoms with Crippen molar-refractivity contribution in [3.63, 3.8) is 0 Å². The lowest BCUT2D eigenvalue weighted by Gasteiger charge is -2.36. The highest BCUT2D eigenvalue weighted by molar-refractivity contribution is 5.79. The number of aliphatic hydroxyl groups excluding tert-OH is 1. The second-order valence-electron chi connectivity index (χ2n) is 5.86. The topological polar surface area (TPSA) is 43.8 Å². The molecule has 2 fully saturated rings. The Morgan fingerprint density at radius 3 is 2.28 bits per heavy atom. The van der Waals surface area contributed by atoms with Crippen LogP contribution in [-0.2, 0) is 4.79 Å². The summed E-state index contributed by atoms with van der Waals surface area (Å²) in [7, 11) is 2.11. The van der Waals surface area contributed by atoms with Gasteiger partial charge in [0.25, 0.3) is 0 Å². The van der Waals surface area contributed by atoms with E-state index in [1.807, 2.05) is 0 Å². The Bertz CT molecular complexity index is 267. The summed E-state index contributed by atoms with van der Waals surface area (Å²) < 4.78 is 0. The number of aliphatic hydroxyl groups is 1. The van der Waals surface area contributed by atoms with Crippen molar-refractivity contribution in [1.29, 1.82) is 0 Å². The van der Waals surface area contributed by atoms with Crippen LogP contribution in [0, 0.1) is 11.8 Å². The molecule has 0 aromatic heterocycles. The molecule has 0 bridgehead atoms. The normalized spacial score (nSPS) is 30.4. The van der Waals surface area contributed by atoms with Gasteiger partial charge in [-0.25, -0.2) is 0 Å². The Labute approximate surface area is 110 Å². The molecule has 4 nitrogen and oxygen atoms in total. The molecule has 2 rings (SSSR count). The molecule has 1 saturated heterocycles. The maximum atomic E-state index is 12.4. The van der Waals surface area contributed by atoms with Crippen LogP contribution in [0.5, 0.6) is 0 Å². The van der Waals surface area contributed by atoms with E-state index in [0.29, 0.717) is 18.4 Å². The molecule has 1 N–H and O–H groups in total. The summed E-state index contributed by atoms with van der Waals surface area (Å²) in [6.45, 7) is 4.09. The number of hydrogen-bond acceptors (Lipinski definition) is 3. The number of likely N-dealkylation sites (N-methyl/N-ethyl adjacent to an activating group) is 1. The highest BCUT2D eigenvalue weighted by atomic mass is 16.3. The molecular formula is C14H26N2O2. The van der Waals surface area contributed by atoms with E-state index >= 15 is 0 Å². The van der Waals surface area contributed by atoms with Crippen molar-refractivity contribution in [2.24, 2.45) is 11.8 Å². The quantitative estimate of drug-likeness (QED) is 0.815. The molecule has 2 aliphatic rings. The first-order valence-electron chi connectivity index (χ1n) is 7.29. The Kier molecular flexibility index (Phi) is 5.01. The van der Waals surface area contributed by atoms with Crippen molar-refractivity contribution in [3.8, 4) is 0 Å². The Morgan fingerprint density at radius 1 is 1.11 bits per heavy atom. The van der Waals surface area contributed by atoms with Crippen LogP contribution in [0.2, 0.25) is 0 Å². The largest absolute Gasteiger partial charge is 0.396 e. The Morgan fingerprint density at radius 2 is 1.72 bits per heavy atom. The number of carbonyl (C=O) groups excluding carboxylic acids is 1. The molecule has 1 aliphatic carbocycles. The van der Waals surface area contributed by atoms with Gasteiger partial charge in [-0.15, -0.1) is 0 Å². The van der Waals surface area contributed by atoms with Gasteiger partial charge in [0.2, 0.25) is 5.91 Å². The van der Waals surface area contributed by atoms with Crippen molar-refractivity contribution in [2.45, 2.75) is 32.1 Å². The van der Waals surface area contributed by atoms with Crippen LogP contribution in [0.3, 0.4) is 0 Å². The van der Waals surface area contributed by atoms with Gasteiger partial charge in [0, 0.05) is 38.7 Å². The maximum absolute atomic E-state index is 12.4. The fourth-order valence-corrected chi connectivity index (χ4v) is 3.17. The standard InChI is InChI=1S/C14H26N2O2/c1-15-7-9-16(10-8-15)14(18)13-4-2-12(3-5-13)6-11-17/h12-13,17H,2-11H2,1H3. The fourth-order valence-electron chi connectivity index (χ4n) is 3.17. The van der Waals surface area contributed by atoms with Crippen molar-refractivity contribution in [1.82, 2.24) is 9.80 Å². The van der Waals surface area contributed by atoms with Crippen molar-refractivity contribution < 1.29 is 9.90 Å². The highest BCUT2D eigenvalue weighted by Gasteiger charge is 2.30. The fraction of sp³-hybridized carbons (Fsp3) is 0.929. The molecule has 0 unspecified atom stereocenters. The first kappa shape index (κ1) is 13.8. The van der Waals surface area contributed by atoms with Crippen LogP contribution in [0.1, 0.15) is 32.1 Å². The molecular weight excluding hydrogens is 228 g/mol. The van der Waals surface area contributed by atoms with Crippen molar-refractivity contribution in [2.75, 3.05) is 39.8 Å². The lowest BCUT2D eigenvalue weighted by Crippen LogP contribution is -2.49. The second-order valence-corrected chi connectivity index (χ2v) is 5.86. The minimum Gasteiger partial charge on any atom is -0.396 e. The molecule has 4 heteroatoms. The Balaban J connectivity index is 1.77. The van der Waals surface area contributed by atoms with Crippen molar-refractivity contribution in [3.05, 3.63) is 0 Å². The molecule has 1 amide bonds. The average molecular weight is 254 g/mol. The number of carbonyl (C=O) groups is 1. The molecule has 0 atom stereocenters. The highest BCUT2D eigenvalue weighted by Crippen LogP contribution is 2.31. The third kappa shape index (κ3) is 3.45. The van der Waals surface area contributed by atoms with Crippen LogP contribution >= 0.6 is 0 Å². The predicted octanol–water partition coefficient (Wildman–Crippen LogP) is 0.949. The van der Waals surface area contributed by atoms with Crippen LogP contribution in [0.25, 0.3) is 0 Å². The SMILES string of the molecule is CN1CCN(C(=O)C2CCC(CCO)CC2)CC1. The van der Waals surface area contributed by atoms with E-state index in [1.54, 1.807) is 0 Å². The van der Waals surface area contributed by atoms with Gasteiger partial charge in [-0.3, -0.25) is 4.79 Å². The summed E-state index contributed by atoms with van der Waals surface area (Å²) in [5, 5.41) is 8.94. The van der Waals surface area contributed by atoms with E-state index in [-0.39, 0.29) is 5.92 Å². The predicted molar refractivity (Wildman–Crippen MR) is 71.2 cm³/mol. The van der Waals surface area contributed by atoms with Gasteiger partial charge in [-0.1, -0.05) is 0 Å². The van der Waals surface area contributed by atoms with Gasteiger partial charge in [0.05, 0.1) is 0 Å². The third-order valence-electron chi connectivity index (χ3n) is 4.55. The number of hydrogen-bond donors (Lipinski definition) is 1. The van der Waals surface area contributed by atoms with Gasteiger partial charge in [-0.05, 0) is 45.1 Å². The molecule has 1 aliphatic heterocycles. The number of rotatable bonds is 3. The summed E-state index contributed by atoms with van der Waals surface area (Å²) >= 11 is 0. The van der Waals surface area contributed by atoms with Gasteiger partial charge in [0.1, 0.15) is 0 Å². The zero-order valence-electron chi connectivity index (χ0n) is 11.5. The van der Waals surface area contributed by atoms with Gasteiger partial charge in [0.15, 0.2) is 0 Å². The van der Waals surface area contributed by atoms with E-state index < -0.39 is 0 Å². The zero-order chi connectivity index (χ0) is 13.0. The number of nitrogens with zero attached hydrogens (tertiary/aromatic N) is 2. The summed E-state index contributed by atoms with van der Waals surface area (Å²) in [5.74, 6) is 1.28. The third-order valence-corrected chi connectivity index (χ3v) is 4.55. The first-order valence-corrected chi connectivity index (χ1v) is 7.29. The molecule has 0 aromatic carbocycles. The van der Waals surface area contributed by atoms with Gasteiger partial charge in [-0.2, -0.15) is 0 Å². The summed E-state index contributed by atoms with van der Waals surface area (Å²) in [6.07, 6.45) is 5.19. The smallest absolute Gasteiger partial charge is 0.225 e. The Hall–Kier alpha value is -0.610.